The van der Waals surface area contributed by atoms with Crippen LogP contribution >= 0.6 is 0 Å². The van der Waals surface area contributed by atoms with Gasteiger partial charge in [-0.3, -0.25) is 0 Å². The lowest BCUT2D eigenvalue weighted by atomic mass is 9.85. The number of rotatable bonds is 4. The molecule has 0 radical (unpaired) electrons. The Bertz CT molecular complexity index is 505. The molecule has 0 bridgehead atoms. The Balaban J connectivity index is 2.36. The number of aliphatic hydroxyl groups excluding tert-OH is 1. The van der Waals surface area contributed by atoms with Crippen molar-refractivity contribution in [2.24, 2.45) is 0 Å². The lowest BCUT2D eigenvalue weighted by Gasteiger charge is -2.39. The van der Waals surface area contributed by atoms with E-state index in [2.05, 4.69) is 13.8 Å². The molecule has 4 heteroatoms. The van der Waals surface area contributed by atoms with Crippen molar-refractivity contribution < 1.29 is 13.5 Å². The zero-order valence-corrected chi connectivity index (χ0v) is 11.7. The average Bonchev–Trinajstić information content (AvgIpc) is 2.28. The van der Waals surface area contributed by atoms with Crippen LogP contribution in [0, 0.1) is 0 Å². The van der Waals surface area contributed by atoms with Crippen LogP contribution in [0.2, 0.25) is 0 Å². The molecule has 0 spiro atoms. The van der Waals surface area contributed by atoms with Gasteiger partial charge in [-0.15, -0.1) is 0 Å². The minimum atomic E-state index is -3.41. The van der Waals surface area contributed by atoms with Gasteiger partial charge in [0, 0.05) is 0 Å². The molecule has 1 aliphatic rings. The van der Waals surface area contributed by atoms with E-state index in [1.54, 1.807) is 12.1 Å². The van der Waals surface area contributed by atoms with Gasteiger partial charge >= 0.3 is 0 Å². The van der Waals surface area contributed by atoms with Gasteiger partial charge in [0.05, 0.1) is 16.2 Å². The van der Waals surface area contributed by atoms with Crippen molar-refractivity contribution in [2.75, 3.05) is 6.61 Å². The van der Waals surface area contributed by atoms with Crippen LogP contribution in [0.15, 0.2) is 29.2 Å². The average molecular weight is 268 g/mol. The van der Waals surface area contributed by atoms with E-state index in [-0.39, 0.29) is 6.61 Å². The van der Waals surface area contributed by atoms with Crippen molar-refractivity contribution in [2.45, 2.75) is 48.7 Å². The second-order valence-electron chi connectivity index (χ2n) is 5.42. The van der Waals surface area contributed by atoms with Gasteiger partial charge in [-0.05, 0) is 36.5 Å². The highest BCUT2D eigenvalue weighted by Gasteiger charge is 2.49. The molecule has 1 aromatic carbocycles. The fourth-order valence-corrected chi connectivity index (χ4v) is 4.36. The first kappa shape index (κ1) is 13.6. The summed E-state index contributed by atoms with van der Waals surface area (Å²) in [6.07, 6.45) is 2.01. The van der Waals surface area contributed by atoms with Gasteiger partial charge < -0.3 is 5.11 Å². The summed E-state index contributed by atoms with van der Waals surface area (Å²) in [5.41, 5.74) is 1.13. The van der Waals surface area contributed by atoms with Crippen LogP contribution in [0.1, 0.15) is 44.6 Å². The second kappa shape index (κ2) is 4.67. The predicted octanol–water partition coefficient (Wildman–Crippen LogP) is 2.50. The maximum absolute atomic E-state index is 12.5. The molecule has 0 atom stereocenters. The molecule has 0 aromatic heterocycles. The predicted molar refractivity (Wildman–Crippen MR) is 71.4 cm³/mol. The molecule has 1 aromatic rings. The van der Waals surface area contributed by atoms with Crippen molar-refractivity contribution in [3.63, 3.8) is 0 Å². The standard InChI is InChI=1S/C14H20O3S/c1-11(2)12-4-6-13(7-5-12)18(16,17)14(10-15)8-3-9-14/h4-7,11,15H,3,8-10H2,1-2H3. The normalized spacial score (nSPS) is 18.7. The maximum atomic E-state index is 12.5. The largest absolute Gasteiger partial charge is 0.395 e. The number of hydrogen-bond donors (Lipinski definition) is 1. The van der Waals surface area contributed by atoms with E-state index in [1.807, 2.05) is 12.1 Å². The summed E-state index contributed by atoms with van der Waals surface area (Å²) in [5, 5.41) is 9.40. The van der Waals surface area contributed by atoms with Crippen molar-refractivity contribution in [3.8, 4) is 0 Å². The Morgan fingerprint density at radius 1 is 1.22 bits per heavy atom. The molecule has 1 saturated carbocycles. The molecule has 3 nitrogen and oxygen atoms in total. The molecule has 18 heavy (non-hydrogen) atoms. The smallest absolute Gasteiger partial charge is 0.186 e. The van der Waals surface area contributed by atoms with Gasteiger partial charge in [-0.2, -0.15) is 0 Å². The third kappa shape index (κ3) is 1.97. The Kier molecular flexibility index (Phi) is 3.52. The van der Waals surface area contributed by atoms with E-state index in [9.17, 15) is 13.5 Å². The zero-order chi connectivity index (χ0) is 13.4. The Morgan fingerprint density at radius 2 is 1.78 bits per heavy atom. The number of benzene rings is 1. The van der Waals surface area contributed by atoms with Crippen LogP contribution in [0.25, 0.3) is 0 Å². The third-order valence-corrected chi connectivity index (χ3v) is 6.55. The molecule has 0 heterocycles. The maximum Gasteiger partial charge on any atom is 0.186 e. The summed E-state index contributed by atoms with van der Waals surface area (Å²) in [7, 11) is -3.41. The summed E-state index contributed by atoms with van der Waals surface area (Å²) >= 11 is 0. The highest BCUT2D eigenvalue weighted by Crippen LogP contribution is 2.42. The molecule has 100 valence electrons. The monoisotopic (exact) mass is 268 g/mol. The fraction of sp³-hybridized carbons (Fsp3) is 0.571. The van der Waals surface area contributed by atoms with Gasteiger partial charge in [0.25, 0.3) is 0 Å². The van der Waals surface area contributed by atoms with Crippen LogP contribution in [-0.4, -0.2) is 24.9 Å². The van der Waals surface area contributed by atoms with Crippen LogP contribution in [-0.2, 0) is 9.84 Å². The molecular formula is C14H20O3S. The van der Waals surface area contributed by atoms with E-state index in [0.717, 1.165) is 12.0 Å². The van der Waals surface area contributed by atoms with Crippen LogP contribution in [0.4, 0.5) is 0 Å². The van der Waals surface area contributed by atoms with Crippen LogP contribution in [0.5, 0.6) is 0 Å². The first-order valence-corrected chi connectivity index (χ1v) is 7.87. The first-order valence-electron chi connectivity index (χ1n) is 6.38. The highest BCUT2D eigenvalue weighted by molar-refractivity contribution is 7.93. The van der Waals surface area contributed by atoms with E-state index < -0.39 is 14.6 Å². The van der Waals surface area contributed by atoms with E-state index >= 15 is 0 Å². The molecule has 0 unspecified atom stereocenters. The topological polar surface area (TPSA) is 54.4 Å². The minimum absolute atomic E-state index is 0.277. The fourth-order valence-electron chi connectivity index (χ4n) is 2.36. The molecule has 1 fully saturated rings. The minimum Gasteiger partial charge on any atom is -0.395 e. The molecule has 2 rings (SSSR count). The van der Waals surface area contributed by atoms with Gasteiger partial charge in [0.15, 0.2) is 9.84 Å². The highest BCUT2D eigenvalue weighted by atomic mass is 32.2. The first-order chi connectivity index (χ1) is 8.43. The summed E-state index contributed by atoms with van der Waals surface area (Å²) in [6.45, 7) is 3.87. The molecular weight excluding hydrogens is 248 g/mol. The Hall–Kier alpha value is -0.870. The van der Waals surface area contributed by atoms with Crippen LogP contribution < -0.4 is 0 Å². The van der Waals surface area contributed by atoms with Crippen molar-refractivity contribution in [1.29, 1.82) is 0 Å². The summed E-state index contributed by atoms with van der Waals surface area (Å²) in [6, 6.07) is 7.06. The number of hydrogen-bond acceptors (Lipinski definition) is 3. The Morgan fingerprint density at radius 3 is 2.11 bits per heavy atom. The second-order valence-corrected chi connectivity index (χ2v) is 7.77. The van der Waals surface area contributed by atoms with Crippen molar-refractivity contribution in [3.05, 3.63) is 29.8 Å². The van der Waals surface area contributed by atoms with Gasteiger partial charge in [-0.1, -0.05) is 32.4 Å². The van der Waals surface area contributed by atoms with E-state index in [1.165, 1.54) is 0 Å². The number of sulfone groups is 1. The van der Waals surface area contributed by atoms with Crippen LogP contribution in [0.3, 0.4) is 0 Å². The van der Waals surface area contributed by atoms with Crippen molar-refractivity contribution in [1.82, 2.24) is 0 Å². The summed E-state index contributed by atoms with van der Waals surface area (Å²) < 4.78 is 24.1. The van der Waals surface area contributed by atoms with Gasteiger partial charge in [-0.25, -0.2) is 8.42 Å². The molecule has 0 amide bonds. The van der Waals surface area contributed by atoms with Gasteiger partial charge in [0.2, 0.25) is 0 Å². The lowest BCUT2D eigenvalue weighted by Crippen LogP contribution is -2.48. The molecule has 0 saturated heterocycles. The number of aliphatic hydroxyl groups is 1. The van der Waals surface area contributed by atoms with Crippen molar-refractivity contribution >= 4 is 9.84 Å². The molecule has 0 aliphatic heterocycles. The SMILES string of the molecule is CC(C)c1ccc(S(=O)(=O)C2(CO)CCC2)cc1. The van der Waals surface area contributed by atoms with E-state index in [4.69, 9.17) is 0 Å². The summed E-state index contributed by atoms with van der Waals surface area (Å²) in [4.78, 5) is 0.334. The Labute approximate surface area is 109 Å². The zero-order valence-electron chi connectivity index (χ0n) is 10.9. The van der Waals surface area contributed by atoms with E-state index in [0.29, 0.717) is 23.7 Å². The lowest BCUT2D eigenvalue weighted by molar-refractivity contribution is 0.181. The van der Waals surface area contributed by atoms with Gasteiger partial charge in [0.1, 0.15) is 0 Å². The molecule has 1 N–H and O–H groups in total. The third-order valence-electron chi connectivity index (χ3n) is 3.98. The summed E-state index contributed by atoms with van der Waals surface area (Å²) in [5.74, 6) is 0.386. The quantitative estimate of drug-likeness (QED) is 0.912. The molecule has 1 aliphatic carbocycles.